The van der Waals surface area contributed by atoms with Gasteiger partial charge in [-0.3, -0.25) is 0 Å². The third-order valence-corrected chi connectivity index (χ3v) is 11.5. The highest BCUT2D eigenvalue weighted by Crippen LogP contribution is 2.48. The largest absolute Gasteiger partial charge is 0.310 e. The molecule has 0 fully saturated rings. The van der Waals surface area contributed by atoms with Gasteiger partial charge < -0.3 is 9.47 Å². The number of hydrogen-bond donors (Lipinski definition) is 0. The van der Waals surface area contributed by atoms with Gasteiger partial charge in [-0.2, -0.15) is 0 Å². The quantitative estimate of drug-likeness (QED) is 0.158. The van der Waals surface area contributed by atoms with Gasteiger partial charge in [-0.1, -0.05) is 182 Å². The van der Waals surface area contributed by atoms with Crippen molar-refractivity contribution >= 4 is 60.4 Å². The van der Waals surface area contributed by atoms with Crippen LogP contribution in [-0.4, -0.2) is 4.57 Å². The highest BCUT2D eigenvalue weighted by atomic mass is 15.1. The molecule has 2 heteroatoms. The second-order valence-electron chi connectivity index (χ2n) is 14.9. The van der Waals surface area contributed by atoms with Gasteiger partial charge in [0.25, 0.3) is 0 Å². The summed E-state index contributed by atoms with van der Waals surface area (Å²) in [5.74, 6) is 0. The standard InChI is InChI=1S/C56H38N2/c1-4-16-39(17-5-1)41-30-33-47(34-31-41)57(48-26-14-23-43(36-48)40-18-6-2-7-19-40)54-38-44-21-11-13-28-51(44)56-55(54)52-35-32-45(37-53(52)58(56)46-24-8-3-9-25-46)50-29-15-22-42-20-10-12-27-49(42)50/h1-38H. The molecule has 11 aromatic rings. The van der Waals surface area contributed by atoms with E-state index in [9.17, 15) is 0 Å². The maximum atomic E-state index is 2.49. The number of hydrogen-bond acceptors (Lipinski definition) is 1. The summed E-state index contributed by atoms with van der Waals surface area (Å²) in [6.07, 6.45) is 0. The zero-order valence-corrected chi connectivity index (χ0v) is 31.8. The predicted octanol–water partition coefficient (Wildman–Crippen LogP) is 15.6. The molecule has 0 spiro atoms. The maximum Gasteiger partial charge on any atom is 0.0640 e. The van der Waals surface area contributed by atoms with Crippen LogP contribution in [0.15, 0.2) is 231 Å². The average Bonchev–Trinajstić information content (AvgIpc) is 3.65. The van der Waals surface area contributed by atoms with Crippen LogP contribution in [0.4, 0.5) is 17.1 Å². The average molecular weight is 739 g/mol. The van der Waals surface area contributed by atoms with Crippen LogP contribution in [0.2, 0.25) is 0 Å². The van der Waals surface area contributed by atoms with Gasteiger partial charge in [0.15, 0.2) is 0 Å². The van der Waals surface area contributed by atoms with Crippen LogP contribution in [0, 0.1) is 0 Å². The van der Waals surface area contributed by atoms with Crippen LogP contribution in [-0.2, 0) is 0 Å². The molecule has 2 nitrogen and oxygen atoms in total. The minimum Gasteiger partial charge on any atom is -0.310 e. The molecule has 0 N–H and O–H groups in total. The summed E-state index contributed by atoms with van der Waals surface area (Å²) in [5.41, 5.74) is 14.0. The van der Waals surface area contributed by atoms with E-state index in [1.54, 1.807) is 0 Å². The molecule has 1 heterocycles. The Kier molecular flexibility index (Phi) is 8.19. The van der Waals surface area contributed by atoms with Crippen molar-refractivity contribution in [1.82, 2.24) is 4.57 Å². The third kappa shape index (κ3) is 5.74. The number of rotatable bonds is 7. The van der Waals surface area contributed by atoms with Crippen LogP contribution in [0.5, 0.6) is 0 Å². The number of fused-ring (bicyclic) bond motifs is 6. The lowest BCUT2D eigenvalue weighted by Crippen LogP contribution is -2.11. The van der Waals surface area contributed by atoms with Gasteiger partial charge in [0, 0.05) is 33.2 Å². The van der Waals surface area contributed by atoms with Crippen molar-refractivity contribution in [2.24, 2.45) is 0 Å². The van der Waals surface area contributed by atoms with E-state index < -0.39 is 0 Å². The first-order valence-electron chi connectivity index (χ1n) is 19.9. The Labute approximate surface area is 338 Å². The van der Waals surface area contributed by atoms with Crippen LogP contribution in [0.25, 0.3) is 82.4 Å². The molecule has 272 valence electrons. The predicted molar refractivity (Wildman–Crippen MR) is 247 cm³/mol. The van der Waals surface area contributed by atoms with Gasteiger partial charge >= 0.3 is 0 Å². The van der Waals surface area contributed by atoms with E-state index in [0.717, 1.165) is 22.7 Å². The molecular weight excluding hydrogens is 701 g/mol. The number of nitrogens with zero attached hydrogens (tertiary/aromatic N) is 2. The fraction of sp³-hybridized carbons (Fsp3) is 0. The highest BCUT2D eigenvalue weighted by Gasteiger charge is 2.24. The summed E-state index contributed by atoms with van der Waals surface area (Å²) >= 11 is 0. The monoisotopic (exact) mass is 738 g/mol. The van der Waals surface area contributed by atoms with Gasteiger partial charge in [-0.25, -0.2) is 0 Å². The van der Waals surface area contributed by atoms with Gasteiger partial charge in [-0.05, 0) is 98.1 Å². The second-order valence-corrected chi connectivity index (χ2v) is 14.9. The molecule has 0 saturated heterocycles. The summed E-state index contributed by atoms with van der Waals surface area (Å²) < 4.78 is 2.49. The molecule has 0 aliphatic heterocycles. The van der Waals surface area contributed by atoms with E-state index in [4.69, 9.17) is 0 Å². The first-order chi connectivity index (χ1) is 28.8. The minimum atomic E-state index is 1.09. The lowest BCUT2D eigenvalue weighted by molar-refractivity contribution is 1.19. The molecular formula is C56H38N2. The van der Waals surface area contributed by atoms with E-state index in [0.29, 0.717) is 0 Å². The van der Waals surface area contributed by atoms with Crippen molar-refractivity contribution in [3.05, 3.63) is 231 Å². The van der Waals surface area contributed by atoms with Crippen LogP contribution in [0.3, 0.4) is 0 Å². The van der Waals surface area contributed by atoms with Crippen molar-refractivity contribution in [2.75, 3.05) is 4.90 Å². The smallest absolute Gasteiger partial charge is 0.0640 e. The Balaban J connectivity index is 1.24. The number of benzene rings is 10. The van der Waals surface area contributed by atoms with Crippen molar-refractivity contribution < 1.29 is 0 Å². The van der Waals surface area contributed by atoms with Crippen LogP contribution < -0.4 is 4.90 Å². The first kappa shape index (κ1) is 33.6. The Morgan fingerprint density at radius 3 is 1.66 bits per heavy atom. The first-order valence-corrected chi connectivity index (χ1v) is 19.9. The zero-order chi connectivity index (χ0) is 38.4. The van der Waals surface area contributed by atoms with Gasteiger partial charge in [0.1, 0.15) is 0 Å². The van der Waals surface area contributed by atoms with Gasteiger partial charge in [-0.15, -0.1) is 0 Å². The fourth-order valence-electron chi connectivity index (χ4n) is 8.84. The van der Waals surface area contributed by atoms with E-state index in [1.165, 1.54) is 76.7 Å². The number of aromatic nitrogens is 1. The normalized spacial score (nSPS) is 11.4. The fourth-order valence-corrected chi connectivity index (χ4v) is 8.84. The summed E-state index contributed by atoms with van der Waals surface area (Å²) in [6, 6.07) is 83.8. The molecule has 11 rings (SSSR count). The maximum absolute atomic E-state index is 2.49. The van der Waals surface area contributed by atoms with Gasteiger partial charge in [0.05, 0.1) is 16.7 Å². The molecule has 58 heavy (non-hydrogen) atoms. The lowest BCUT2D eigenvalue weighted by atomic mass is 9.96. The van der Waals surface area contributed by atoms with E-state index in [-0.39, 0.29) is 0 Å². The molecule has 0 bridgehead atoms. The topological polar surface area (TPSA) is 8.17 Å². The van der Waals surface area contributed by atoms with Crippen molar-refractivity contribution in [3.63, 3.8) is 0 Å². The van der Waals surface area contributed by atoms with Crippen molar-refractivity contribution in [1.29, 1.82) is 0 Å². The number of para-hydroxylation sites is 1. The molecule has 0 saturated carbocycles. The van der Waals surface area contributed by atoms with Crippen LogP contribution in [0.1, 0.15) is 0 Å². The Hall–Kier alpha value is -7.68. The molecule has 0 unspecified atom stereocenters. The summed E-state index contributed by atoms with van der Waals surface area (Å²) in [4.78, 5) is 2.46. The van der Waals surface area contributed by atoms with E-state index in [1.807, 2.05) is 0 Å². The summed E-state index contributed by atoms with van der Waals surface area (Å²) in [7, 11) is 0. The molecule has 0 aliphatic rings. The summed E-state index contributed by atoms with van der Waals surface area (Å²) in [5, 5.41) is 7.30. The summed E-state index contributed by atoms with van der Waals surface area (Å²) in [6.45, 7) is 0. The lowest BCUT2D eigenvalue weighted by Gasteiger charge is -2.28. The Morgan fingerprint density at radius 2 is 0.897 bits per heavy atom. The third-order valence-electron chi connectivity index (χ3n) is 11.5. The second kappa shape index (κ2) is 14.1. The van der Waals surface area contributed by atoms with Crippen LogP contribution >= 0.6 is 0 Å². The molecule has 0 amide bonds. The molecule has 0 aliphatic carbocycles. The Morgan fingerprint density at radius 1 is 0.328 bits per heavy atom. The highest BCUT2D eigenvalue weighted by molar-refractivity contribution is 6.25. The SMILES string of the molecule is c1ccc(-c2ccc(N(c3cccc(-c4ccccc4)c3)c3cc4ccccc4c4c3c3ccc(-c5cccc6ccccc56)cc3n4-c3ccccc3)cc2)cc1. The molecule has 0 atom stereocenters. The van der Waals surface area contributed by atoms with Crippen molar-refractivity contribution in [2.45, 2.75) is 0 Å². The molecule has 0 radical (unpaired) electrons. The minimum absolute atomic E-state index is 1.09. The molecule has 10 aromatic carbocycles. The molecule has 1 aromatic heterocycles. The van der Waals surface area contributed by atoms with E-state index >= 15 is 0 Å². The Bertz CT molecular complexity index is 3250. The van der Waals surface area contributed by atoms with Crippen molar-refractivity contribution in [3.8, 4) is 39.1 Å². The van der Waals surface area contributed by atoms with E-state index in [2.05, 4.69) is 240 Å². The zero-order valence-electron chi connectivity index (χ0n) is 31.8. The number of anilines is 3. The van der Waals surface area contributed by atoms with Gasteiger partial charge in [0.2, 0.25) is 0 Å².